The molecule has 0 aliphatic carbocycles. The third kappa shape index (κ3) is 5.73. The number of urea groups is 1. The second kappa shape index (κ2) is 11.9. The average molecular weight is 543 g/mol. The summed E-state index contributed by atoms with van der Waals surface area (Å²) in [5.74, 6) is 1.92. The molecule has 0 aromatic carbocycles. The number of aromatic nitrogens is 6. The van der Waals surface area contributed by atoms with Gasteiger partial charge in [-0.1, -0.05) is 6.07 Å². The summed E-state index contributed by atoms with van der Waals surface area (Å²) in [6.45, 7) is 8.13. The number of fused-ring (bicyclic) bond motifs is 1. The number of hydrogen-bond acceptors (Lipinski definition) is 9. The number of piperidine rings is 1. The van der Waals surface area contributed by atoms with Gasteiger partial charge in [-0.2, -0.15) is 5.10 Å². The van der Waals surface area contributed by atoms with Gasteiger partial charge < -0.3 is 15.0 Å². The summed E-state index contributed by atoms with van der Waals surface area (Å²) in [6.07, 6.45) is 9.34. The lowest BCUT2D eigenvalue weighted by Crippen LogP contribution is -2.37. The topological polar surface area (TPSA) is 126 Å². The summed E-state index contributed by atoms with van der Waals surface area (Å²) in [4.78, 5) is 35.3. The number of carbonyl (C=O) groups is 1. The van der Waals surface area contributed by atoms with Gasteiger partial charge in [0.2, 0.25) is 0 Å². The molecule has 6 heterocycles. The smallest absolute Gasteiger partial charge is 0.320 e. The maximum absolute atomic E-state index is 11.9. The minimum Gasteiger partial charge on any atom is -0.378 e. The van der Waals surface area contributed by atoms with Gasteiger partial charge in [0.25, 0.3) is 0 Å². The Morgan fingerprint density at radius 2 is 1.90 bits per heavy atom. The van der Waals surface area contributed by atoms with E-state index in [1.54, 1.807) is 12.3 Å². The lowest BCUT2D eigenvalue weighted by molar-refractivity contribution is 0.122. The van der Waals surface area contributed by atoms with Crippen molar-refractivity contribution in [2.45, 2.75) is 32.4 Å². The number of nitrogens with one attached hydrogen (secondary N) is 2. The Balaban J connectivity index is 1.27. The molecule has 4 aromatic heterocycles. The molecule has 4 aromatic rings. The van der Waals surface area contributed by atoms with E-state index in [0.717, 1.165) is 68.0 Å². The zero-order valence-corrected chi connectivity index (χ0v) is 22.7. The molecule has 2 aliphatic rings. The van der Waals surface area contributed by atoms with Crippen LogP contribution in [0.5, 0.6) is 0 Å². The third-order valence-electron chi connectivity index (χ3n) is 7.38. The summed E-state index contributed by atoms with van der Waals surface area (Å²) in [7, 11) is 0. The predicted molar refractivity (Wildman–Crippen MR) is 152 cm³/mol. The quantitative estimate of drug-likeness (QED) is 0.362. The summed E-state index contributed by atoms with van der Waals surface area (Å²) in [5, 5.41) is 11.2. The molecule has 0 bridgehead atoms. The van der Waals surface area contributed by atoms with Gasteiger partial charge in [0.15, 0.2) is 11.5 Å². The van der Waals surface area contributed by atoms with E-state index in [9.17, 15) is 4.79 Å². The van der Waals surface area contributed by atoms with E-state index < -0.39 is 0 Å². The molecule has 2 aliphatic heterocycles. The van der Waals surface area contributed by atoms with Crippen LogP contribution in [0.4, 0.5) is 16.4 Å². The number of pyridine rings is 2. The van der Waals surface area contributed by atoms with Crippen LogP contribution in [0.15, 0.2) is 49.1 Å². The predicted octanol–water partition coefficient (Wildman–Crippen LogP) is 3.10. The van der Waals surface area contributed by atoms with Gasteiger partial charge in [0, 0.05) is 63.4 Å². The highest BCUT2D eigenvalue weighted by Gasteiger charge is 2.26. The van der Waals surface area contributed by atoms with E-state index in [2.05, 4.69) is 41.1 Å². The van der Waals surface area contributed by atoms with Crippen LogP contribution in [0, 0.1) is 0 Å². The molecule has 0 radical (unpaired) electrons. The zero-order valence-electron chi connectivity index (χ0n) is 22.7. The van der Waals surface area contributed by atoms with Crippen molar-refractivity contribution < 1.29 is 9.53 Å². The Hall–Kier alpha value is -4.16. The van der Waals surface area contributed by atoms with Crippen molar-refractivity contribution in [2.24, 2.45) is 0 Å². The number of morpholine rings is 1. The van der Waals surface area contributed by atoms with E-state index in [4.69, 9.17) is 19.8 Å². The van der Waals surface area contributed by atoms with Crippen LogP contribution >= 0.6 is 0 Å². The van der Waals surface area contributed by atoms with Gasteiger partial charge in [-0.25, -0.2) is 24.4 Å². The van der Waals surface area contributed by atoms with E-state index in [0.29, 0.717) is 31.4 Å². The van der Waals surface area contributed by atoms with Crippen molar-refractivity contribution in [2.75, 3.05) is 56.2 Å². The number of likely N-dealkylation sites (tertiary alicyclic amines) is 1. The van der Waals surface area contributed by atoms with Gasteiger partial charge in [-0.3, -0.25) is 15.2 Å². The number of hydrogen-bond donors (Lipinski definition) is 2. The molecule has 12 heteroatoms. The standard InChI is InChI=1S/C28H34N10O2/c1-2-30-28(39)33-24-6-5-21(17-31-24)25-34-26(37-12-14-40-15-13-37)23-18-32-38(27(23)35-25)22-7-10-36(11-8-22)19-20-4-3-9-29-16-20/h3-6,9,16-18,22H,2,7-8,10-15,19H2,1H3,(H2,30,31,33,39). The number of ether oxygens (including phenoxy) is 1. The van der Waals surface area contributed by atoms with Gasteiger partial charge in [0.1, 0.15) is 11.6 Å². The molecule has 2 amide bonds. The molecular formula is C28H34N10O2. The molecule has 12 nitrogen and oxygen atoms in total. The van der Waals surface area contributed by atoms with Crippen molar-refractivity contribution >= 4 is 28.7 Å². The van der Waals surface area contributed by atoms with Gasteiger partial charge >= 0.3 is 6.03 Å². The minimum atomic E-state index is -0.287. The monoisotopic (exact) mass is 542 g/mol. The number of anilines is 2. The lowest BCUT2D eigenvalue weighted by Gasteiger charge is -2.32. The summed E-state index contributed by atoms with van der Waals surface area (Å²) in [5.41, 5.74) is 2.84. The van der Waals surface area contributed by atoms with Crippen LogP contribution in [0.25, 0.3) is 22.4 Å². The van der Waals surface area contributed by atoms with Crippen molar-refractivity contribution in [1.82, 2.24) is 39.9 Å². The lowest BCUT2D eigenvalue weighted by atomic mass is 10.0. The summed E-state index contributed by atoms with van der Waals surface area (Å²) in [6, 6.07) is 7.74. The molecule has 0 spiro atoms. The molecule has 6 rings (SSSR count). The minimum absolute atomic E-state index is 0.254. The van der Waals surface area contributed by atoms with E-state index in [-0.39, 0.29) is 12.1 Å². The molecule has 0 atom stereocenters. The molecule has 40 heavy (non-hydrogen) atoms. The fourth-order valence-corrected chi connectivity index (χ4v) is 5.32. The summed E-state index contributed by atoms with van der Waals surface area (Å²) < 4.78 is 7.69. The molecule has 0 unspecified atom stereocenters. The second-order valence-corrected chi connectivity index (χ2v) is 10.1. The number of nitrogens with zero attached hydrogens (tertiary/aromatic N) is 8. The first kappa shape index (κ1) is 26.1. The van der Waals surface area contributed by atoms with Crippen LogP contribution < -0.4 is 15.5 Å². The van der Waals surface area contributed by atoms with Crippen molar-refractivity contribution in [1.29, 1.82) is 0 Å². The SMILES string of the molecule is CCNC(=O)Nc1ccc(-c2nc(N3CCOCC3)c3cnn(C4CCN(Cc5cccnc5)CC4)c3n2)cn1. The molecule has 208 valence electrons. The largest absolute Gasteiger partial charge is 0.378 e. The van der Waals surface area contributed by atoms with E-state index in [1.807, 2.05) is 37.6 Å². The maximum Gasteiger partial charge on any atom is 0.320 e. The molecule has 2 fully saturated rings. The van der Waals surface area contributed by atoms with Crippen LogP contribution in [0.3, 0.4) is 0 Å². The first-order chi connectivity index (χ1) is 19.7. The fourth-order valence-electron chi connectivity index (χ4n) is 5.32. The number of carbonyl (C=O) groups excluding carboxylic acids is 1. The highest BCUT2D eigenvalue weighted by atomic mass is 16.5. The maximum atomic E-state index is 11.9. The van der Waals surface area contributed by atoms with Crippen LogP contribution in [-0.2, 0) is 11.3 Å². The normalized spacial score (nSPS) is 16.8. The Labute approximate surface area is 232 Å². The zero-order chi connectivity index (χ0) is 27.3. The van der Waals surface area contributed by atoms with Gasteiger partial charge in [-0.05, 0) is 43.5 Å². The first-order valence-corrected chi connectivity index (χ1v) is 13.9. The molecule has 2 saturated heterocycles. The Morgan fingerprint density at radius 1 is 1.05 bits per heavy atom. The molecule has 0 saturated carbocycles. The molecule has 2 N–H and O–H groups in total. The number of amides is 2. The van der Waals surface area contributed by atoms with E-state index >= 15 is 0 Å². The summed E-state index contributed by atoms with van der Waals surface area (Å²) >= 11 is 0. The van der Waals surface area contributed by atoms with Gasteiger partial charge in [0.05, 0.1) is 30.8 Å². The highest BCUT2D eigenvalue weighted by molar-refractivity contribution is 5.89. The van der Waals surface area contributed by atoms with Crippen LogP contribution in [0.1, 0.15) is 31.4 Å². The van der Waals surface area contributed by atoms with Crippen molar-refractivity contribution in [3.05, 3.63) is 54.6 Å². The Morgan fingerprint density at radius 3 is 2.62 bits per heavy atom. The third-order valence-corrected chi connectivity index (χ3v) is 7.38. The van der Waals surface area contributed by atoms with Crippen LogP contribution in [-0.4, -0.2) is 86.6 Å². The van der Waals surface area contributed by atoms with Crippen molar-refractivity contribution in [3.63, 3.8) is 0 Å². The average Bonchev–Trinajstić information content (AvgIpc) is 3.43. The Bertz CT molecular complexity index is 1430. The van der Waals surface area contributed by atoms with Crippen molar-refractivity contribution in [3.8, 4) is 11.4 Å². The van der Waals surface area contributed by atoms with E-state index in [1.165, 1.54) is 5.56 Å². The highest BCUT2D eigenvalue weighted by Crippen LogP contribution is 2.32. The Kier molecular flexibility index (Phi) is 7.78. The number of rotatable bonds is 7. The molecular weight excluding hydrogens is 508 g/mol. The fraction of sp³-hybridized carbons (Fsp3) is 0.429. The van der Waals surface area contributed by atoms with Crippen LogP contribution in [0.2, 0.25) is 0 Å². The first-order valence-electron chi connectivity index (χ1n) is 13.9. The second-order valence-electron chi connectivity index (χ2n) is 10.1. The van der Waals surface area contributed by atoms with Gasteiger partial charge in [-0.15, -0.1) is 0 Å².